The van der Waals surface area contributed by atoms with Gasteiger partial charge < -0.3 is 5.32 Å². The molecule has 0 aromatic heterocycles. The minimum atomic E-state index is 0.795. The normalized spacial score (nSPS) is 33.8. The highest BCUT2D eigenvalue weighted by Crippen LogP contribution is 2.24. The molecule has 0 saturated carbocycles. The van der Waals surface area contributed by atoms with Crippen molar-refractivity contribution >= 4 is 0 Å². The van der Waals surface area contributed by atoms with Gasteiger partial charge >= 0.3 is 0 Å². The number of piperidine rings is 1. The Morgan fingerprint density at radius 3 is 2.73 bits per heavy atom. The van der Waals surface area contributed by atoms with E-state index in [2.05, 4.69) is 24.1 Å². The fraction of sp³-hybridized carbons (Fsp3) is 1.00. The molecule has 0 aliphatic carbocycles. The van der Waals surface area contributed by atoms with Crippen molar-refractivity contribution < 1.29 is 0 Å². The lowest BCUT2D eigenvalue weighted by atomic mass is 9.93. The summed E-state index contributed by atoms with van der Waals surface area (Å²) in [5.41, 5.74) is 0. The first-order valence-electron chi connectivity index (χ1n) is 6.75. The minimum absolute atomic E-state index is 0.795. The second-order valence-corrected chi connectivity index (χ2v) is 5.65. The molecule has 2 aliphatic heterocycles. The molecule has 15 heavy (non-hydrogen) atoms. The van der Waals surface area contributed by atoms with Crippen LogP contribution in [0.5, 0.6) is 0 Å². The van der Waals surface area contributed by atoms with E-state index in [9.17, 15) is 0 Å². The van der Waals surface area contributed by atoms with Crippen molar-refractivity contribution in [2.75, 3.05) is 19.6 Å². The van der Waals surface area contributed by atoms with Gasteiger partial charge in [0.05, 0.1) is 0 Å². The van der Waals surface area contributed by atoms with E-state index in [0.29, 0.717) is 0 Å². The molecule has 2 atom stereocenters. The SMILES string of the molecule is CC(C)CN1CCCCC1C1CCCN1. The van der Waals surface area contributed by atoms with Crippen LogP contribution in [-0.4, -0.2) is 36.6 Å². The van der Waals surface area contributed by atoms with Crippen molar-refractivity contribution in [3.05, 3.63) is 0 Å². The van der Waals surface area contributed by atoms with Crippen molar-refractivity contribution in [3.63, 3.8) is 0 Å². The molecule has 2 heteroatoms. The summed E-state index contributed by atoms with van der Waals surface area (Å²) in [6, 6.07) is 1.63. The number of hydrogen-bond donors (Lipinski definition) is 1. The largest absolute Gasteiger partial charge is 0.312 e. The smallest absolute Gasteiger partial charge is 0.0249 e. The fourth-order valence-corrected chi connectivity index (χ4v) is 3.21. The summed E-state index contributed by atoms with van der Waals surface area (Å²) in [5, 5.41) is 3.69. The molecular weight excluding hydrogens is 184 g/mol. The zero-order valence-corrected chi connectivity index (χ0v) is 10.3. The van der Waals surface area contributed by atoms with Crippen LogP contribution in [0.3, 0.4) is 0 Å². The Morgan fingerprint density at radius 2 is 2.07 bits per heavy atom. The number of nitrogens with zero attached hydrogens (tertiary/aromatic N) is 1. The third kappa shape index (κ3) is 2.94. The van der Waals surface area contributed by atoms with E-state index in [1.54, 1.807) is 0 Å². The van der Waals surface area contributed by atoms with Crippen molar-refractivity contribution in [2.24, 2.45) is 5.92 Å². The molecule has 0 amide bonds. The van der Waals surface area contributed by atoms with Crippen LogP contribution in [0.1, 0.15) is 46.0 Å². The van der Waals surface area contributed by atoms with Crippen LogP contribution >= 0.6 is 0 Å². The molecule has 0 spiro atoms. The van der Waals surface area contributed by atoms with Gasteiger partial charge in [-0.2, -0.15) is 0 Å². The molecule has 0 bridgehead atoms. The minimum Gasteiger partial charge on any atom is -0.312 e. The molecule has 2 heterocycles. The van der Waals surface area contributed by atoms with Crippen LogP contribution < -0.4 is 5.32 Å². The molecule has 2 nitrogen and oxygen atoms in total. The lowest BCUT2D eigenvalue weighted by Crippen LogP contribution is -2.51. The third-order valence-electron chi connectivity index (χ3n) is 3.83. The maximum atomic E-state index is 3.69. The Bertz CT molecular complexity index is 185. The third-order valence-corrected chi connectivity index (χ3v) is 3.83. The van der Waals surface area contributed by atoms with Crippen LogP contribution in [0.2, 0.25) is 0 Å². The summed E-state index contributed by atoms with van der Waals surface area (Å²) in [6.07, 6.45) is 7.06. The monoisotopic (exact) mass is 210 g/mol. The number of hydrogen-bond acceptors (Lipinski definition) is 2. The predicted molar refractivity (Wildman–Crippen MR) is 65.1 cm³/mol. The molecule has 0 aromatic carbocycles. The van der Waals surface area contributed by atoms with Gasteiger partial charge in [0.2, 0.25) is 0 Å². The molecule has 0 radical (unpaired) electrons. The summed E-state index contributed by atoms with van der Waals surface area (Å²) in [7, 11) is 0. The molecule has 0 aromatic rings. The Morgan fingerprint density at radius 1 is 1.20 bits per heavy atom. The van der Waals surface area contributed by atoms with Crippen LogP contribution in [-0.2, 0) is 0 Å². The second-order valence-electron chi connectivity index (χ2n) is 5.65. The zero-order valence-electron chi connectivity index (χ0n) is 10.3. The molecule has 1 N–H and O–H groups in total. The summed E-state index contributed by atoms with van der Waals surface area (Å²) < 4.78 is 0. The lowest BCUT2D eigenvalue weighted by Gasteiger charge is -2.40. The maximum absolute atomic E-state index is 3.69. The first-order chi connectivity index (χ1) is 7.27. The van der Waals surface area contributed by atoms with Gasteiger partial charge in [-0.25, -0.2) is 0 Å². The van der Waals surface area contributed by atoms with Gasteiger partial charge in [0.25, 0.3) is 0 Å². The topological polar surface area (TPSA) is 15.3 Å². The van der Waals surface area contributed by atoms with Gasteiger partial charge in [-0.1, -0.05) is 20.3 Å². The average Bonchev–Trinajstić information content (AvgIpc) is 2.70. The highest BCUT2D eigenvalue weighted by molar-refractivity contribution is 4.90. The second kappa shape index (κ2) is 5.31. The summed E-state index contributed by atoms with van der Waals surface area (Å²) >= 11 is 0. The highest BCUT2D eigenvalue weighted by atomic mass is 15.2. The van der Waals surface area contributed by atoms with Gasteiger partial charge in [-0.05, 0) is 44.7 Å². The van der Waals surface area contributed by atoms with Crippen LogP contribution in [0.4, 0.5) is 0 Å². The van der Waals surface area contributed by atoms with E-state index in [4.69, 9.17) is 0 Å². The Hall–Kier alpha value is -0.0800. The van der Waals surface area contributed by atoms with E-state index in [1.807, 2.05) is 0 Å². The van der Waals surface area contributed by atoms with Crippen molar-refractivity contribution in [3.8, 4) is 0 Å². The summed E-state index contributed by atoms with van der Waals surface area (Å²) in [6.45, 7) is 8.56. The molecular formula is C13H26N2. The Labute approximate surface area is 94.4 Å². The van der Waals surface area contributed by atoms with E-state index in [0.717, 1.165) is 18.0 Å². The van der Waals surface area contributed by atoms with Crippen LogP contribution in [0.15, 0.2) is 0 Å². The summed E-state index contributed by atoms with van der Waals surface area (Å²) in [5.74, 6) is 0.812. The number of nitrogens with one attached hydrogen (secondary N) is 1. The summed E-state index contributed by atoms with van der Waals surface area (Å²) in [4.78, 5) is 2.75. The Balaban J connectivity index is 1.92. The van der Waals surface area contributed by atoms with Gasteiger partial charge in [0.1, 0.15) is 0 Å². The molecule has 88 valence electrons. The first-order valence-corrected chi connectivity index (χ1v) is 6.75. The molecule has 2 fully saturated rings. The average molecular weight is 210 g/mol. The van der Waals surface area contributed by atoms with E-state index < -0.39 is 0 Å². The maximum Gasteiger partial charge on any atom is 0.0249 e. The zero-order chi connectivity index (χ0) is 10.7. The molecule has 2 saturated heterocycles. The van der Waals surface area contributed by atoms with Gasteiger partial charge in [-0.15, -0.1) is 0 Å². The number of rotatable bonds is 3. The van der Waals surface area contributed by atoms with E-state index in [-0.39, 0.29) is 0 Å². The fourth-order valence-electron chi connectivity index (χ4n) is 3.21. The van der Waals surface area contributed by atoms with Crippen LogP contribution in [0, 0.1) is 5.92 Å². The molecule has 2 aliphatic rings. The molecule has 2 rings (SSSR count). The Kier molecular flexibility index (Phi) is 4.04. The molecule has 2 unspecified atom stereocenters. The van der Waals surface area contributed by atoms with E-state index in [1.165, 1.54) is 51.7 Å². The van der Waals surface area contributed by atoms with E-state index >= 15 is 0 Å². The van der Waals surface area contributed by atoms with Crippen LogP contribution in [0.25, 0.3) is 0 Å². The standard InChI is InChI=1S/C13H26N2/c1-11(2)10-15-9-4-3-7-13(15)12-6-5-8-14-12/h11-14H,3-10H2,1-2H3. The van der Waals surface area contributed by atoms with Gasteiger partial charge in [0, 0.05) is 18.6 Å². The van der Waals surface area contributed by atoms with Crippen molar-refractivity contribution in [1.82, 2.24) is 10.2 Å². The lowest BCUT2D eigenvalue weighted by molar-refractivity contribution is 0.106. The number of likely N-dealkylation sites (tertiary alicyclic amines) is 1. The van der Waals surface area contributed by atoms with Crippen molar-refractivity contribution in [2.45, 2.75) is 58.0 Å². The van der Waals surface area contributed by atoms with Gasteiger partial charge in [0.15, 0.2) is 0 Å². The van der Waals surface area contributed by atoms with Crippen molar-refractivity contribution in [1.29, 1.82) is 0 Å². The highest BCUT2D eigenvalue weighted by Gasteiger charge is 2.31. The predicted octanol–water partition coefficient (Wildman–Crippen LogP) is 2.25. The quantitative estimate of drug-likeness (QED) is 0.768. The van der Waals surface area contributed by atoms with Gasteiger partial charge in [-0.3, -0.25) is 4.90 Å². The first kappa shape index (κ1) is 11.4.